The van der Waals surface area contributed by atoms with Gasteiger partial charge < -0.3 is 15.7 Å². The van der Waals surface area contributed by atoms with Gasteiger partial charge >= 0.3 is 6.18 Å². The molecular weight excluding hydrogens is 405 g/mol. The predicted octanol–water partition coefficient (Wildman–Crippen LogP) is 4.61. The first-order valence-electron chi connectivity index (χ1n) is 9.07. The summed E-state index contributed by atoms with van der Waals surface area (Å²) in [6.07, 6.45) is -2.43. The summed E-state index contributed by atoms with van der Waals surface area (Å²) in [4.78, 5) is 0. The number of benzene rings is 2. The minimum absolute atomic E-state index is 0. The first kappa shape index (κ1) is 21.1. The van der Waals surface area contributed by atoms with Gasteiger partial charge in [-0.25, -0.2) is 0 Å². The lowest BCUT2D eigenvalue weighted by atomic mass is 10.0. The zero-order valence-corrected chi connectivity index (χ0v) is 16.1. The van der Waals surface area contributed by atoms with Crippen molar-refractivity contribution in [3.63, 3.8) is 0 Å². The van der Waals surface area contributed by atoms with E-state index < -0.39 is 17.5 Å². The van der Waals surface area contributed by atoms with Crippen LogP contribution < -0.4 is 10.6 Å². The quantitative estimate of drug-likeness (QED) is 0.573. The number of halogens is 4. The fraction of sp³-hybridized carbons (Fsp3) is 0.300. The highest BCUT2D eigenvalue weighted by Crippen LogP contribution is 2.38. The molecule has 4 rings (SSSR count). The van der Waals surface area contributed by atoms with Gasteiger partial charge in [-0.2, -0.15) is 13.2 Å². The van der Waals surface area contributed by atoms with Crippen molar-refractivity contribution in [1.29, 1.82) is 0 Å². The summed E-state index contributed by atoms with van der Waals surface area (Å²) in [7, 11) is 0. The number of aromatic hydroxyl groups is 1. The molecule has 1 aliphatic rings. The number of phenolic OH excluding ortho intramolecular Hbond substituents is 1. The van der Waals surface area contributed by atoms with E-state index in [-0.39, 0.29) is 24.0 Å². The number of aromatic nitrogens is 2. The lowest BCUT2D eigenvalue weighted by Gasteiger charge is -2.24. The number of piperidine rings is 1. The number of nitrogens with zero attached hydrogens (tertiary/aromatic N) is 2. The van der Waals surface area contributed by atoms with Gasteiger partial charge in [-0.3, -0.25) is 0 Å². The maximum atomic E-state index is 12.9. The molecule has 5 nitrogen and oxygen atoms in total. The second-order valence-corrected chi connectivity index (χ2v) is 6.86. The molecular formula is C20H20ClF3N4O. The topological polar surface area (TPSA) is 70.1 Å². The van der Waals surface area contributed by atoms with Crippen LogP contribution in [0, 0.1) is 0 Å². The Labute approximate surface area is 171 Å². The van der Waals surface area contributed by atoms with Crippen molar-refractivity contribution >= 4 is 29.0 Å². The summed E-state index contributed by atoms with van der Waals surface area (Å²) in [6, 6.07) is 10.5. The van der Waals surface area contributed by atoms with Gasteiger partial charge in [-0.15, -0.1) is 22.6 Å². The van der Waals surface area contributed by atoms with E-state index in [1.807, 2.05) is 24.3 Å². The Kier molecular flexibility index (Phi) is 6.14. The Morgan fingerprint density at radius 3 is 2.48 bits per heavy atom. The predicted molar refractivity (Wildman–Crippen MR) is 108 cm³/mol. The van der Waals surface area contributed by atoms with Crippen LogP contribution in [0.1, 0.15) is 18.4 Å². The number of alkyl halides is 3. The summed E-state index contributed by atoms with van der Waals surface area (Å²) in [5, 5.41) is 26.9. The number of rotatable bonds is 3. The molecule has 0 amide bonds. The second kappa shape index (κ2) is 8.42. The maximum Gasteiger partial charge on any atom is 0.416 e. The van der Waals surface area contributed by atoms with Gasteiger partial charge in [-0.05, 0) is 37.6 Å². The van der Waals surface area contributed by atoms with E-state index in [2.05, 4.69) is 20.8 Å². The van der Waals surface area contributed by atoms with Crippen LogP contribution in [0.4, 0.5) is 19.0 Å². The van der Waals surface area contributed by atoms with Crippen LogP contribution in [0.5, 0.6) is 5.75 Å². The van der Waals surface area contributed by atoms with Crippen LogP contribution in [-0.2, 0) is 6.18 Å². The molecule has 0 aliphatic carbocycles. The number of fused-ring (bicyclic) bond motifs is 1. The third-order valence-electron chi connectivity index (χ3n) is 4.91. The summed E-state index contributed by atoms with van der Waals surface area (Å²) in [5.74, 6) is 0.144. The van der Waals surface area contributed by atoms with Gasteiger partial charge in [0.1, 0.15) is 11.4 Å². The van der Waals surface area contributed by atoms with E-state index in [4.69, 9.17) is 0 Å². The van der Waals surface area contributed by atoms with Crippen LogP contribution in [-0.4, -0.2) is 34.4 Å². The summed E-state index contributed by atoms with van der Waals surface area (Å²) in [6.45, 7) is 1.83. The summed E-state index contributed by atoms with van der Waals surface area (Å²) >= 11 is 0. The average Bonchev–Trinajstić information content (AvgIpc) is 2.69. The van der Waals surface area contributed by atoms with E-state index in [0.29, 0.717) is 23.0 Å². The maximum absolute atomic E-state index is 12.9. The van der Waals surface area contributed by atoms with Crippen molar-refractivity contribution < 1.29 is 18.3 Å². The largest absolute Gasteiger partial charge is 0.507 e. The van der Waals surface area contributed by atoms with Crippen molar-refractivity contribution in [2.75, 3.05) is 18.4 Å². The van der Waals surface area contributed by atoms with Crippen molar-refractivity contribution in [2.24, 2.45) is 0 Å². The van der Waals surface area contributed by atoms with E-state index in [9.17, 15) is 18.3 Å². The van der Waals surface area contributed by atoms with Crippen LogP contribution in [0.2, 0.25) is 0 Å². The first-order chi connectivity index (χ1) is 13.4. The zero-order chi connectivity index (χ0) is 19.7. The molecule has 1 atom stereocenters. The van der Waals surface area contributed by atoms with Crippen molar-refractivity contribution in [2.45, 2.75) is 25.1 Å². The molecule has 0 saturated carbocycles. The molecule has 2 heterocycles. The van der Waals surface area contributed by atoms with E-state index in [1.165, 1.54) is 6.07 Å². The fourth-order valence-corrected chi connectivity index (χ4v) is 3.49. The second-order valence-electron chi connectivity index (χ2n) is 6.86. The highest BCUT2D eigenvalue weighted by atomic mass is 35.5. The molecule has 154 valence electrons. The molecule has 0 spiro atoms. The van der Waals surface area contributed by atoms with Crippen molar-refractivity contribution in [1.82, 2.24) is 15.5 Å². The number of hydrogen-bond donors (Lipinski definition) is 3. The van der Waals surface area contributed by atoms with Crippen LogP contribution in [0.3, 0.4) is 0 Å². The number of hydrogen-bond acceptors (Lipinski definition) is 5. The molecule has 2 aromatic carbocycles. The molecule has 29 heavy (non-hydrogen) atoms. The van der Waals surface area contributed by atoms with E-state index in [0.717, 1.165) is 37.4 Å². The lowest BCUT2D eigenvalue weighted by Crippen LogP contribution is -2.38. The van der Waals surface area contributed by atoms with E-state index >= 15 is 0 Å². The molecule has 1 saturated heterocycles. The summed E-state index contributed by atoms with van der Waals surface area (Å²) in [5.41, 5.74) is -0.356. The molecule has 3 N–H and O–H groups in total. The van der Waals surface area contributed by atoms with Crippen LogP contribution in [0.15, 0.2) is 42.5 Å². The third kappa shape index (κ3) is 4.38. The van der Waals surface area contributed by atoms with Crippen LogP contribution in [0.25, 0.3) is 22.0 Å². The Morgan fingerprint density at radius 1 is 1.07 bits per heavy atom. The molecule has 3 aromatic rings. The smallest absolute Gasteiger partial charge is 0.416 e. The van der Waals surface area contributed by atoms with Gasteiger partial charge in [0.2, 0.25) is 0 Å². The molecule has 0 unspecified atom stereocenters. The van der Waals surface area contributed by atoms with Gasteiger partial charge in [0.15, 0.2) is 5.82 Å². The molecule has 1 aromatic heterocycles. The Hall–Kier alpha value is -2.58. The summed E-state index contributed by atoms with van der Waals surface area (Å²) < 4.78 is 38.6. The monoisotopic (exact) mass is 424 g/mol. The Balaban J connectivity index is 0.00000240. The van der Waals surface area contributed by atoms with Gasteiger partial charge in [0, 0.05) is 28.9 Å². The highest BCUT2D eigenvalue weighted by molar-refractivity contribution is 6.00. The SMILES string of the molecule is Cl.Oc1cc(C(F)(F)F)ccc1-c1nnc(N[C@@H]2CCCNC2)c2ccccc12. The Bertz CT molecular complexity index is 1010. The minimum atomic E-state index is -4.52. The molecule has 1 aliphatic heterocycles. The number of anilines is 1. The van der Waals surface area contributed by atoms with Gasteiger partial charge in [-0.1, -0.05) is 24.3 Å². The Morgan fingerprint density at radius 2 is 1.83 bits per heavy atom. The van der Waals surface area contributed by atoms with Gasteiger partial charge in [0.25, 0.3) is 0 Å². The molecule has 9 heteroatoms. The minimum Gasteiger partial charge on any atom is -0.507 e. The standard InChI is InChI=1S/C20H19F3N4O.ClH/c21-20(22,23)12-7-8-16(17(28)10-12)18-14-5-1-2-6-15(14)19(27-26-18)25-13-4-3-9-24-11-13;/h1-2,5-8,10,13,24,28H,3-4,9,11H2,(H,25,27);1H/t13-;/m1./s1. The number of nitrogens with one attached hydrogen (secondary N) is 2. The van der Waals surface area contributed by atoms with Crippen molar-refractivity contribution in [3.05, 3.63) is 48.0 Å². The lowest BCUT2D eigenvalue weighted by molar-refractivity contribution is -0.137. The van der Waals surface area contributed by atoms with E-state index in [1.54, 1.807) is 0 Å². The first-order valence-corrected chi connectivity index (χ1v) is 9.07. The highest BCUT2D eigenvalue weighted by Gasteiger charge is 2.31. The van der Waals surface area contributed by atoms with Crippen LogP contribution >= 0.6 is 12.4 Å². The average molecular weight is 425 g/mol. The third-order valence-corrected chi connectivity index (χ3v) is 4.91. The normalized spacial score (nSPS) is 17.0. The number of phenols is 1. The molecule has 1 fully saturated rings. The van der Waals surface area contributed by atoms with Gasteiger partial charge in [0.05, 0.1) is 5.56 Å². The molecule has 0 bridgehead atoms. The van der Waals surface area contributed by atoms with Crippen molar-refractivity contribution in [3.8, 4) is 17.0 Å². The molecule has 0 radical (unpaired) electrons. The fourth-order valence-electron chi connectivity index (χ4n) is 3.49. The zero-order valence-electron chi connectivity index (χ0n) is 15.3.